The summed E-state index contributed by atoms with van der Waals surface area (Å²) in [6.45, 7) is 9.65. The molecule has 1 aliphatic heterocycles. The van der Waals surface area contributed by atoms with Crippen LogP contribution in [0.4, 0.5) is 0 Å². The molecule has 7 heteroatoms. The summed E-state index contributed by atoms with van der Waals surface area (Å²) in [5, 5.41) is 0. The van der Waals surface area contributed by atoms with E-state index in [1.807, 2.05) is 6.92 Å². The topological polar surface area (TPSA) is 82.1 Å². The minimum absolute atomic E-state index is 0.0751. The number of carbonyl (C=O) groups is 3. The average molecular weight is 313 g/mol. The number of ether oxygens (including phenoxy) is 3. The molecule has 0 saturated carbocycles. The molecular formula is C15H23NO6. The number of amides is 1. The molecule has 22 heavy (non-hydrogen) atoms. The van der Waals surface area contributed by atoms with Crippen molar-refractivity contribution in [2.45, 2.75) is 33.3 Å². The molecule has 0 aromatic carbocycles. The quantitative estimate of drug-likeness (QED) is 0.512. The Morgan fingerprint density at radius 1 is 1.27 bits per heavy atom. The second kappa shape index (κ2) is 8.53. The van der Waals surface area contributed by atoms with Crippen molar-refractivity contribution in [2.24, 2.45) is 5.92 Å². The molecule has 1 rings (SSSR count). The van der Waals surface area contributed by atoms with E-state index in [0.717, 1.165) is 6.42 Å². The van der Waals surface area contributed by atoms with Crippen molar-refractivity contribution in [1.82, 2.24) is 4.90 Å². The second-order valence-corrected chi connectivity index (χ2v) is 4.77. The van der Waals surface area contributed by atoms with Crippen LogP contribution in [0, 0.1) is 5.92 Å². The first-order valence-corrected chi connectivity index (χ1v) is 7.41. The van der Waals surface area contributed by atoms with E-state index in [2.05, 4.69) is 6.58 Å². The molecule has 0 spiro atoms. The predicted octanol–water partition coefficient (Wildman–Crippen LogP) is 0.880. The third-order valence-electron chi connectivity index (χ3n) is 3.15. The third kappa shape index (κ3) is 4.07. The highest BCUT2D eigenvalue weighted by Gasteiger charge is 2.46. The van der Waals surface area contributed by atoms with Gasteiger partial charge in [0.25, 0.3) is 5.91 Å². The molecule has 0 bridgehead atoms. The molecule has 124 valence electrons. The molecule has 1 saturated heterocycles. The Kier molecular flexibility index (Phi) is 7.04. The first-order chi connectivity index (χ1) is 10.5. The van der Waals surface area contributed by atoms with Crippen LogP contribution in [0.5, 0.6) is 0 Å². The van der Waals surface area contributed by atoms with Gasteiger partial charge in [-0.1, -0.05) is 13.5 Å². The summed E-state index contributed by atoms with van der Waals surface area (Å²) in [6, 6.07) is 0. The van der Waals surface area contributed by atoms with Crippen LogP contribution >= 0.6 is 0 Å². The van der Waals surface area contributed by atoms with E-state index >= 15 is 0 Å². The first kappa shape index (κ1) is 18.2. The van der Waals surface area contributed by atoms with Gasteiger partial charge in [0.1, 0.15) is 0 Å². The zero-order chi connectivity index (χ0) is 16.7. The molecule has 7 nitrogen and oxygen atoms in total. The van der Waals surface area contributed by atoms with Crippen molar-refractivity contribution in [3.05, 3.63) is 12.3 Å². The van der Waals surface area contributed by atoms with Gasteiger partial charge < -0.3 is 19.1 Å². The van der Waals surface area contributed by atoms with Gasteiger partial charge in [0.05, 0.1) is 19.8 Å². The van der Waals surface area contributed by atoms with Crippen LogP contribution < -0.4 is 0 Å². The third-order valence-corrected chi connectivity index (χ3v) is 3.15. The molecule has 0 aromatic heterocycles. The molecule has 1 fully saturated rings. The maximum atomic E-state index is 12.5. The molecule has 1 heterocycles. The van der Waals surface area contributed by atoms with Crippen LogP contribution in [-0.4, -0.2) is 55.2 Å². The van der Waals surface area contributed by atoms with Gasteiger partial charge in [0.15, 0.2) is 12.0 Å². The number of morpholine rings is 1. The monoisotopic (exact) mass is 313 g/mol. The minimum Gasteiger partial charge on any atom is -0.465 e. The maximum absolute atomic E-state index is 12.5. The van der Waals surface area contributed by atoms with Gasteiger partial charge in [-0.3, -0.25) is 14.4 Å². The van der Waals surface area contributed by atoms with E-state index in [9.17, 15) is 14.4 Å². The van der Waals surface area contributed by atoms with Crippen molar-refractivity contribution in [1.29, 1.82) is 0 Å². The van der Waals surface area contributed by atoms with Crippen molar-refractivity contribution >= 4 is 17.8 Å². The van der Waals surface area contributed by atoms with E-state index in [0.29, 0.717) is 12.2 Å². The van der Waals surface area contributed by atoms with Crippen LogP contribution in [0.2, 0.25) is 0 Å². The van der Waals surface area contributed by atoms with Gasteiger partial charge in [-0.15, -0.1) is 0 Å². The number of carbonyl (C=O) groups excluding carboxylic acids is 3. The predicted molar refractivity (Wildman–Crippen MR) is 77.6 cm³/mol. The fourth-order valence-electron chi connectivity index (χ4n) is 2.18. The lowest BCUT2D eigenvalue weighted by atomic mass is 9.99. The van der Waals surface area contributed by atoms with Gasteiger partial charge in [0.2, 0.25) is 0 Å². The molecule has 0 aromatic rings. The van der Waals surface area contributed by atoms with E-state index in [1.54, 1.807) is 13.8 Å². The van der Waals surface area contributed by atoms with Crippen molar-refractivity contribution in [3.63, 3.8) is 0 Å². The highest BCUT2D eigenvalue weighted by Crippen LogP contribution is 2.23. The summed E-state index contributed by atoms with van der Waals surface area (Å²) in [4.78, 5) is 38.1. The van der Waals surface area contributed by atoms with E-state index in [-0.39, 0.29) is 19.8 Å². The molecule has 0 radical (unpaired) electrons. The fourth-order valence-corrected chi connectivity index (χ4v) is 2.18. The Labute approximate surface area is 130 Å². The molecule has 1 unspecified atom stereocenters. The summed E-state index contributed by atoms with van der Waals surface area (Å²) in [7, 11) is 0. The summed E-state index contributed by atoms with van der Waals surface area (Å²) in [5.74, 6) is -3.52. The second-order valence-electron chi connectivity index (χ2n) is 4.77. The maximum Gasteiger partial charge on any atom is 0.323 e. The molecule has 0 aliphatic carbocycles. The van der Waals surface area contributed by atoms with Crippen LogP contribution in [0.3, 0.4) is 0 Å². The Bertz CT molecular complexity index is 429. The van der Waals surface area contributed by atoms with Crippen LogP contribution in [0.15, 0.2) is 12.3 Å². The number of hydrogen-bond donors (Lipinski definition) is 0. The average Bonchev–Trinajstić information content (AvgIpc) is 2.47. The van der Waals surface area contributed by atoms with E-state index in [1.165, 1.54) is 4.90 Å². The largest absolute Gasteiger partial charge is 0.465 e. The lowest BCUT2D eigenvalue weighted by Crippen LogP contribution is -2.53. The number of esters is 2. The van der Waals surface area contributed by atoms with Gasteiger partial charge in [-0.2, -0.15) is 0 Å². The highest BCUT2D eigenvalue weighted by atomic mass is 16.6. The Morgan fingerprint density at radius 2 is 1.82 bits per heavy atom. The van der Waals surface area contributed by atoms with E-state index in [4.69, 9.17) is 14.2 Å². The number of rotatable bonds is 7. The smallest absolute Gasteiger partial charge is 0.323 e. The molecular weight excluding hydrogens is 290 g/mol. The first-order valence-electron chi connectivity index (χ1n) is 7.41. The van der Waals surface area contributed by atoms with Gasteiger partial charge >= 0.3 is 11.9 Å². The zero-order valence-corrected chi connectivity index (χ0v) is 13.3. The molecule has 1 aliphatic rings. The Morgan fingerprint density at radius 3 is 2.27 bits per heavy atom. The number of nitrogens with zero attached hydrogens (tertiary/aromatic N) is 1. The van der Waals surface area contributed by atoms with Crippen molar-refractivity contribution in [2.75, 3.05) is 26.4 Å². The van der Waals surface area contributed by atoms with Gasteiger partial charge in [0, 0.05) is 12.2 Å². The van der Waals surface area contributed by atoms with E-state index < -0.39 is 29.9 Å². The number of hydrogen-bond acceptors (Lipinski definition) is 6. The Hall–Kier alpha value is -1.89. The van der Waals surface area contributed by atoms with Crippen LogP contribution in [0.1, 0.15) is 27.2 Å². The van der Waals surface area contributed by atoms with Gasteiger partial charge in [-0.05, 0) is 20.3 Å². The lowest BCUT2D eigenvalue weighted by molar-refractivity contribution is -0.177. The summed E-state index contributed by atoms with van der Waals surface area (Å²) in [6.07, 6.45) is -0.517. The molecule has 1 atom stereocenters. The fraction of sp³-hybridized carbons (Fsp3) is 0.667. The highest BCUT2D eigenvalue weighted by molar-refractivity contribution is 6.01. The minimum atomic E-state index is -1.42. The lowest BCUT2D eigenvalue weighted by Gasteiger charge is -2.35. The summed E-state index contributed by atoms with van der Waals surface area (Å²) < 4.78 is 15.1. The zero-order valence-electron chi connectivity index (χ0n) is 13.3. The molecule has 1 amide bonds. The van der Waals surface area contributed by atoms with Crippen LogP contribution in [0.25, 0.3) is 0 Å². The van der Waals surface area contributed by atoms with Crippen LogP contribution in [-0.2, 0) is 28.6 Å². The summed E-state index contributed by atoms with van der Waals surface area (Å²) >= 11 is 0. The van der Waals surface area contributed by atoms with Gasteiger partial charge in [-0.25, -0.2) is 0 Å². The normalized spacial score (nSPS) is 18.5. The van der Waals surface area contributed by atoms with Crippen molar-refractivity contribution < 1.29 is 28.6 Å². The molecule has 0 N–H and O–H groups in total. The SMILES string of the molecule is C=C1COC(C(C(=O)OCC)C(=O)OCC)C(=O)N1CCC. The summed E-state index contributed by atoms with van der Waals surface area (Å²) in [5.41, 5.74) is 0.509. The standard InChI is InChI=1S/C15H23NO6/c1-5-8-16-10(4)9-22-12(13(16)17)11(14(18)20-6-2)15(19)21-7-3/h11-12H,4-9H2,1-3H3. The van der Waals surface area contributed by atoms with Crippen molar-refractivity contribution in [3.8, 4) is 0 Å². The Balaban J connectivity index is 3.02.